The zero-order chi connectivity index (χ0) is 16.5. The van der Waals surface area contributed by atoms with Crippen LogP contribution in [0.2, 0.25) is 0 Å². The minimum Gasteiger partial charge on any atom is -0.305 e. The summed E-state index contributed by atoms with van der Waals surface area (Å²) < 4.78 is 3.33. The Kier molecular flexibility index (Phi) is 3.31. The average molecular weight is 318 g/mol. The van der Waals surface area contributed by atoms with Crippen LogP contribution in [0.5, 0.6) is 0 Å². The number of benzene rings is 1. The van der Waals surface area contributed by atoms with E-state index >= 15 is 0 Å². The van der Waals surface area contributed by atoms with E-state index in [4.69, 9.17) is 0 Å². The molecular formula is C17H14N6O. The lowest BCUT2D eigenvalue weighted by Gasteiger charge is -2.04. The number of rotatable bonds is 3. The van der Waals surface area contributed by atoms with Crippen LogP contribution in [0, 0.1) is 0 Å². The summed E-state index contributed by atoms with van der Waals surface area (Å²) in [7, 11) is 1.71. The summed E-state index contributed by atoms with van der Waals surface area (Å²) in [5, 5.41) is 6.75. The van der Waals surface area contributed by atoms with Crippen molar-refractivity contribution in [1.82, 2.24) is 24.1 Å². The average Bonchev–Trinajstić information content (AvgIpc) is 3.21. The van der Waals surface area contributed by atoms with Gasteiger partial charge in [0.15, 0.2) is 0 Å². The second-order valence-corrected chi connectivity index (χ2v) is 5.31. The van der Waals surface area contributed by atoms with Gasteiger partial charge in [-0.05, 0) is 12.1 Å². The highest BCUT2D eigenvalue weighted by molar-refractivity contribution is 6.02. The maximum Gasteiger partial charge on any atom is 0.275 e. The van der Waals surface area contributed by atoms with Crippen LogP contribution in [-0.2, 0) is 7.05 Å². The molecule has 3 aromatic heterocycles. The smallest absolute Gasteiger partial charge is 0.275 e. The number of amides is 1. The minimum absolute atomic E-state index is 0.262. The molecule has 0 saturated heterocycles. The Morgan fingerprint density at radius 1 is 1.08 bits per heavy atom. The van der Waals surface area contributed by atoms with Crippen molar-refractivity contribution in [3.8, 4) is 11.3 Å². The molecular weight excluding hydrogens is 304 g/mol. The van der Waals surface area contributed by atoms with E-state index in [-0.39, 0.29) is 5.91 Å². The molecule has 0 aliphatic heterocycles. The van der Waals surface area contributed by atoms with Crippen molar-refractivity contribution in [2.24, 2.45) is 7.05 Å². The summed E-state index contributed by atoms with van der Waals surface area (Å²) in [5.74, 6) is 0.706. The van der Waals surface area contributed by atoms with Crippen molar-refractivity contribution >= 4 is 17.5 Å². The van der Waals surface area contributed by atoms with Crippen LogP contribution < -0.4 is 5.32 Å². The molecule has 1 N–H and O–H groups in total. The highest BCUT2D eigenvalue weighted by Gasteiger charge is 2.12. The molecule has 0 spiro atoms. The molecule has 1 amide bonds. The van der Waals surface area contributed by atoms with Gasteiger partial charge >= 0.3 is 0 Å². The standard InChI is InChI=1S/C17H14N6O/c1-22-14(7-9-18-22)16(24)20-15-8-10-23-11-13(19-17(23)21-15)12-5-3-2-4-6-12/h2-11H,1H3,(H,19,20,21,24). The molecule has 0 atom stereocenters. The first-order chi connectivity index (χ1) is 11.7. The second-order valence-electron chi connectivity index (χ2n) is 5.31. The van der Waals surface area contributed by atoms with Gasteiger partial charge in [-0.25, -0.2) is 4.98 Å². The zero-order valence-electron chi connectivity index (χ0n) is 12.9. The molecule has 0 aliphatic carbocycles. The number of aromatic nitrogens is 5. The first kappa shape index (κ1) is 14.1. The van der Waals surface area contributed by atoms with Gasteiger partial charge in [0.2, 0.25) is 5.78 Å². The van der Waals surface area contributed by atoms with Crippen LogP contribution in [-0.4, -0.2) is 30.1 Å². The monoisotopic (exact) mass is 318 g/mol. The zero-order valence-corrected chi connectivity index (χ0v) is 12.9. The predicted octanol–water partition coefficient (Wildman–Crippen LogP) is 2.38. The molecule has 118 valence electrons. The van der Waals surface area contributed by atoms with Crippen LogP contribution >= 0.6 is 0 Å². The van der Waals surface area contributed by atoms with E-state index in [1.54, 1.807) is 25.4 Å². The van der Waals surface area contributed by atoms with Gasteiger partial charge in [-0.1, -0.05) is 30.3 Å². The molecule has 3 heterocycles. The van der Waals surface area contributed by atoms with Crippen LogP contribution in [0.4, 0.5) is 5.82 Å². The van der Waals surface area contributed by atoms with E-state index in [0.29, 0.717) is 17.3 Å². The normalized spacial score (nSPS) is 10.9. The first-order valence-electron chi connectivity index (χ1n) is 7.41. The third-order valence-corrected chi connectivity index (χ3v) is 3.69. The van der Waals surface area contributed by atoms with Crippen molar-refractivity contribution < 1.29 is 4.79 Å². The van der Waals surface area contributed by atoms with Crippen molar-refractivity contribution in [3.05, 3.63) is 66.7 Å². The summed E-state index contributed by atoms with van der Waals surface area (Å²) in [6.45, 7) is 0. The van der Waals surface area contributed by atoms with Gasteiger partial charge in [-0.3, -0.25) is 13.9 Å². The lowest BCUT2D eigenvalue weighted by atomic mass is 10.2. The molecule has 1 aromatic carbocycles. The number of hydrogen-bond donors (Lipinski definition) is 1. The van der Waals surface area contributed by atoms with Gasteiger partial charge in [-0.2, -0.15) is 10.1 Å². The maximum atomic E-state index is 12.2. The molecule has 4 rings (SSSR count). The second kappa shape index (κ2) is 5.62. The molecule has 0 unspecified atom stereocenters. The Morgan fingerprint density at radius 3 is 2.67 bits per heavy atom. The lowest BCUT2D eigenvalue weighted by Crippen LogP contribution is -2.17. The number of carbonyl (C=O) groups excluding carboxylic acids is 1. The Bertz CT molecular complexity index is 1020. The van der Waals surface area contributed by atoms with E-state index in [1.165, 1.54) is 4.68 Å². The SMILES string of the molecule is Cn1nccc1C(=O)Nc1ccn2cc(-c3ccccc3)nc2n1. The molecule has 7 heteroatoms. The van der Waals surface area contributed by atoms with Crippen molar-refractivity contribution in [3.63, 3.8) is 0 Å². The van der Waals surface area contributed by atoms with E-state index < -0.39 is 0 Å². The van der Waals surface area contributed by atoms with E-state index in [9.17, 15) is 4.79 Å². The summed E-state index contributed by atoms with van der Waals surface area (Å²) in [6.07, 6.45) is 5.30. The fourth-order valence-corrected chi connectivity index (χ4v) is 2.47. The molecule has 0 bridgehead atoms. The molecule has 0 fully saturated rings. The fraction of sp³-hybridized carbons (Fsp3) is 0.0588. The molecule has 24 heavy (non-hydrogen) atoms. The molecule has 7 nitrogen and oxygen atoms in total. The topological polar surface area (TPSA) is 77.1 Å². The third-order valence-electron chi connectivity index (χ3n) is 3.69. The van der Waals surface area contributed by atoms with Crippen LogP contribution in [0.3, 0.4) is 0 Å². The summed E-state index contributed by atoms with van der Waals surface area (Å²) in [5.41, 5.74) is 2.31. The van der Waals surface area contributed by atoms with Gasteiger partial charge in [0.25, 0.3) is 5.91 Å². The number of anilines is 1. The van der Waals surface area contributed by atoms with Gasteiger partial charge < -0.3 is 5.32 Å². The maximum absolute atomic E-state index is 12.2. The van der Waals surface area contributed by atoms with E-state index in [2.05, 4.69) is 20.4 Å². The van der Waals surface area contributed by atoms with Gasteiger partial charge in [0.1, 0.15) is 11.5 Å². The number of nitrogens with one attached hydrogen (secondary N) is 1. The van der Waals surface area contributed by atoms with Crippen LogP contribution in [0.1, 0.15) is 10.5 Å². The van der Waals surface area contributed by atoms with Gasteiger partial charge in [-0.15, -0.1) is 0 Å². The first-order valence-corrected chi connectivity index (χ1v) is 7.41. The molecule has 0 saturated carbocycles. The Balaban J connectivity index is 1.64. The molecule has 4 aromatic rings. The number of aryl methyl sites for hydroxylation is 1. The van der Waals surface area contributed by atoms with Gasteiger partial charge in [0.05, 0.1) is 5.69 Å². The summed E-state index contributed by atoms with van der Waals surface area (Å²) >= 11 is 0. The number of hydrogen-bond acceptors (Lipinski definition) is 4. The highest BCUT2D eigenvalue weighted by atomic mass is 16.2. The van der Waals surface area contributed by atoms with Gasteiger partial charge in [0, 0.05) is 31.2 Å². The third kappa shape index (κ3) is 2.52. The van der Waals surface area contributed by atoms with Crippen LogP contribution in [0.25, 0.3) is 17.0 Å². The van der Waals surface area contributed by atoms with Crippen molar-refractivity contribution in [1.29, 1.82) is 0 Å². The van der Waals surface area contributed by atoms with E-state index in [0.717, 1.165) is 11.3 Å². The number of nitrogens with zero attached hydrogens (tertiary/aromatic N) is 5. The minimum atomic E-state index is -0.262. The summed E-state index contributed by atoms with van der Waals surface area (Å²) in [4.78, 5) is 21.1. The Morgan fingerprint density at radius 2 is 1.92 bits per heavy atom. The van der Waals surface area contributed by atoms with E-state index in [1.807, 2.05) is 47.1 Å². The highest BCUT2D eigenvalue weighted by Crippen LogP contribution is 2.18. The molecule has 0 aliphatic rings. The largest absolute Gasteiger partial charge is 0.305 e. The van der Waals surface area contributed by atoms with Crippen molar-refractivity contribution in [2.75, 3.05) is 5.32 Å². The van der Waals surface area contributed by atoms with Crippen molar-refractivity contribution in [2.45, 2.75) is 0 Å². The van der Waals surface area contributed by atoms with Crippen LogP contribution in [0.15, 0.2) is 61.1 Å². The number of fused-ring (bicyclic) bond motifs is 1. The lowest BCUT2D eigenvalue weighted by molar-refractivity contribution is 0.101. The number of carbonyl (C=O) groups is 1. The Labute approximate surface area is 137 Å². The molecule has 0 radical (unpaired) electrons. The Hall–Kier alpha value is -3.48. The summed E-state index contributed by atoms with van der Waals surface area (Å²) in [6, 6.07) is 13.3. The fourth-order valence-electron chi connectivity index (χ4n) is 2.47. The quantitative estimate of drug-likeness (QED) is 0.629. The predicted molar refractivity (Wildman–Crippen MR) is 89.6 cm³/mol. The number of imidazole rings is 1.